The van der Waals surface area contributed by atoms with E-state index in [0.29, 0.717) is 35.4 Å². The van der Waals surface area contributed by atoms with E-state index in [9.17, 15) is 4.39 Å². The van der Waals surface area contributed by atoms with E-state index in [0.717, 1.165) is 29.7 Å². The molecule has 4 nitrogen and oxygen atoms in total. The van der Waals surface area contributed by atoms with Crippen LogP contribution in [0, 0.1) is 12.7 Å². The Hall–Kier alpha value is -2.82. The lowest BCUT2D eigenvalue weighted by atomic mass is 10.1. The van der Waals surface area contributed by atoms with Crippen LogP contribution in [0.2, 0.25) is 0 Å². The van der Waals surface area contributed by atoms with Crippen LogP contribution in [0.4, 0.5) is 15.9 Å². The molecule has 3 aromatic rings. The van der Waals surface area contributed by atoms with Crippen molar-refractivity contribution in [2.75, 3.05) is 17.7 Å². The van der Waals surface area contributed by atoms with E-state index in [1.165, 1.54) is 12.6 Å². The van der Waals surface area contributed by atoms with E-state index in [1.807, 2.05) is 0 Å². The van der Waals surface area contributed by atoms with Gasteiger partial charge < -0.3 is 15.8 Å². The number of ether oxygens (including phenoxy) is 1. The van der Waals surface area contributed by atoms with Crippen LogP contribution in [-0.2, 0) is 6.54 Å². The van der Waals surface area contributed by atoms with Crippen molar-refractivity contribution in [2.45, 2.75) is 39.7 Å². The molecule has 0 saturated carbocycles. The molecule has 0 saturated heterocycles. The molecule has 1 heterocycles. The molecular weight excluding hydrogens is 341 g/mol. The van der Waals surface area contributed by atoms with E-state index in [-0.39, 0.29) is 5.82 Å². The zero-order chi connectivity index (χ0) is 19.2. The maximum Gasteiger partial charge on any atom is 0.149 e. The van der Waals surface area contributed by atoms with E-state index >= 15 is 0 Å². The largest absolute Gasteiger partial charge is 0.493 e. The number of pyridine rings is 1. The zero-order valence-corrected chi connectivity index (χ0v) is 15.9. The molecule has 3 N–H and O–H groups in total. The fourth-order valence-corrected chi connectivity index (χ4v) is 3.02. The smallest absolute Gasteiger partial charge is 0.149 e. The average molecular weight is 367 g/mol. The van der Waals surface area contributed by atoms with Crippen molar-refractivity contribution in [3.05, 3.63) is 59.5 Å². The molecule has 0 aliphatic carbocycles. The summed E-state index contributed by atoms with van der Waals surface area (Å²) in [6, 6.07) is 11.3. The van der Waals surface area contributed by atoms with Gasteiger partial charge in [0.05, 0.1) is 12.8 Å². The van der Waals surface area contributed by atoms with Crippen molar-refractivity contribution in [1.82, 2.24) is 4.98 Å². The summed E-state index contributed by atoms with van der Waals surface area (Å²) in [6.45, 7) is 5.48. The second-order valence-electron chi connectivity index (χ2n) is 6.78. The van der Waals surface area contributed by atoms with E-state index in [4.69, 9.17) is 10.5 Å². The Balaban J connectivity index is 1.79. The van der Waals surface area contributed by atoms with Crippen LogP contribution in [0.3, 0.4) is 0 Å². The highest BCUT2D eigenvalue weighted by atomic mass is 19.1. The lowest BCUT2D eigenvalue weighted by Crippen LogP contribution is -2.06. The van der Waals surface area contributed by atoms with E-state index in [1.54, 1.807) is 18.2 Å². The van der Waals surface area contributed by atoms with Crippen molar-refractivity contribution in [2.24, 2.45) is 0 Å². The fourth-order valence-electron chi connectivity index (χ4n) is 3.02. The highest BCUT2D eigenvalue weighted by Gasteiger charge is 2.10. The maximum atomic E-state index is 14.1. The number of aryl methyl sites for hydroxylation is 1. The Kier molecular flexibility index (Phi) is 6.12. The minimum Gasteiger partial charge on any atom is -0.493 e. The fraction of sp³-hybridized carbons (Fsp3) is 0.318. The van der Waals surface area contributed by atoms with Gasteiger partial charge in [0.25, 0.3) is 0 Å². The lowest BCUT2D eigenvalue weighted by Gasteiger charge is -2.14. The molecule has 0 unspecified atom stereocenters. The molecule has 0 aliphatic rings. The number of hydrogen-bond acceptors (Lipinski definition) is 4. The third kappa shape index (κ3) is 4.67. The van der Waals surface area contributed by atoms with Gasteiger partial charge in [0.1, 0.15) is 17.4 Å². The van der Waals surface area contributed by atoms with E-state index < -0.39 is 0 Å². The number of nitrogen functional groups attached to an aromatic ring is 1. The predicted octanol–water partition coefficient (Wildman–Crippen LogP) is 5.45. The van der Waals surface area contributed by atoms with Gasteiger partial charge in [-0.2, -0.15) is 0 Å². The average Bonchev–Trinajstić information content (AvgIpc) is 2.66. The Morgan fingerprint density at radius 3 is 2.78 bits per heavy atom. The van der Waals surface area contributed by atoms with Gasteiger partial charge in [0.15, 0.2) is 0 Å². The first kappa shape index (κ1) is 19.0. The number of hydrogen-bond donors (Lipinski definition) is 2. The second-order valence-corrected chi connectivity index (χ2v) is 6.78. The highest BCUT2D eigenvalue weighted by Crippen LogP contribution is 2.27. The number of halogens is 1. The monoisotopic (exact) mass is 367 g/mol. The first-order valence-electron chi connectivity index (χ1n) is 9.38. The lowest BCUT2D eigenvalue weighted by molar-refractivity contribution is 0.303. The number of unbranched alkanes of at least 4 members (excludes halogenated alkanes) is 2. The van der Waals surface area contributed by atoms with Crippen molar-refractivity contribution >= 4 is 22.3 Å². The summed E-state index contributed by atoms with van der Waals surface area (Å²) in [7, 11) is 0. The molecule has 3 rings (SSSR count). The van der Waals surface area contributed by atoms with Crippen molar-refractivity contribution in [3.63, 3.8) is 0 Å². The summed E-state index contributed by atoms with van der Waals surface area (Å²) in [6.07, 6.45) is 4.59. The molecule has 0 spiro atoms. The molecular formula is C22H26FN3O. The summed E-state index contributed by atoms with van der Waals surface area (Å²) in [5.74, 6) is 1.14. The summed E-state index contributed by atoms with van der Waals surface area (Å²) >= 11 is 0. The molecule has 0 atom stereocenters. The summed E-state index contributed by atoms with van der Waals surface area (Å²) in [5.41, 5.74) is 8.52. The Morgan fingerprint density at radius 2 is 1.96 bits per heavy atom. The number of rotatable bonds is 8. The van der Waals surface area contributed by atoms with Crippen LogP contribution in [0.1, 0.15) is 37.3 Å². The minimum absolute atomic E-state index is 0.377. The molecule has 27 heavy (non-hydrogen) atoms. The standard InChI is InChI=1S/C22H26FN3O/c1-3-4-5-10-27-21-11-15(2)6-7-16(21)13-25-22-18-9-8-17(24)12-19(18)20(23)14-26-22/h6-9,11-12,14H,3-5,10,13,24H2,1-2H3,(H,25,26). The maximum absolute atomic E-state index is 14.1. The molecule has 0 aliphatic heterocycles. The molecule has 0 amide bonds. The predicted molar refractivity (Wildman–Crippen MR) is 110 cm³/mol. The molecule has 0 radical (unpaired) electrons. The third-order valence-corrected chi connectivity index (χ3v) is 4.54. The van der Waals surface area contributed by atoms with Gasteiger partial charge in [-0.3, -0.25) is 0 Å². The molecule has 2 aromatic carbocycles. The van der Waals surface area contributed by atoms with Gasteiger partial charge in [0, 0.05) is 28.6 Å². The summed E-state index contributed by atoms with van der Waals surface area (Å²) < 4.78 is 20.0. The molecule has 0 bridgehead atoms. The second kappa shape index (κ2) is 8.71. The minimum atomic E-state index is -0.377. The number of aromatic nitrogens is 1. The zero-order valence-electron chi connectivity index (χ0n) is 15.9. The molecule has 142 valence electrons. The van der Waals surface area contributed by atoms with Crippen LogP contribution in [0.15, 0.2) is 42.6 Å². The normalized spacial score (nSPS) is 10.9. The van der Waals surface area contributed by atoms with E-state index in [2.05, 4.69) is 42.3 Å². The van der Waals surface area contributed by atoms with Crippen LogP contribution in [-0.4, -0.2) is 11.6 Å². The molecule has 1 aromatic heterocycles. The van der Waals surface area contributed by atoms with Gasteiger partial charge in [-0.25, -0.2) is 9.37 Å². The number of nitrogens with two attached hydrogens (primary N) is 1. The number of anilines is 2. The Morgan fingerprint density at radius 1 is 1.11 bits per heavy atom. The quantitative estimate of drug-likeness (QED) is 0.411. The third-order valence-electron chi connectivity index (χ3n) is 4.54. The summed E-state index contributed by atoms with van der Waals surface area (Å²) in [5, 5.41) is 4.49. The Bertz CT molecular complexity index is 927. The van der Waals surface area contributed by atoms with Gasteiger partial charge in [-0.05, 0) is 43.2 Å². The number of benzene rings is 2. The van der Waals surface area contributed by atoms with Gasteiger partial charge in [-0.15, -0.1) is 0 Å². The molecule has 0 fully saturated rings. The number of nitrogens with zero attached hydrogens (tertiary/aromatic N) is 1. The van der Waals surface area contributed by atoms with Crippen LogP contribution in [0.25, 0.3) is 10.8 Å². The van der Waals surface area contributed by atoms with Crippen LogP contribution in [0.5, 0.6) is 5.75 Å². The van der Waals surface area contributed by atoms with Gasteiger partial charge in [-0.1, -0.05) is 31.9 Å². The first-order chi connectivity index (χ1) is 13.1. The van der Waals surface area contributed by atoms with Crippen molar-refractivity contribution in [3.8, 4) is 5.75 Å². The van der Waals surface area contributed by atoms with Crippen molar-refractivity contribution in [1.29, 1.82) is 0 Å². The molecule has 5 heteroatoms. The van der Waals surface area contributed by atoms with Crippen molar-refractivity contribution < 1.29 is 9.13 Å². The number of nitrogens with one attached hydrogen (secondary N) is 1. The first-order valence-corrected chi connectivity index (χ1v) is 9.38. The van der Waals surface area contributed by atoms with Crippen LogP contribution >= 0.6 is 0 Å². The SMILES string of the molecule is CCCCCOc1cc(C)ccc1CNc1ncc(F)c2cc(N)ccc12. The Labute approximate surface area is 159 Å². The summed E-state index contributed by atoms with van der Waals surface area (Å²) in [4.78, 5) is 4.22. The van der Waals surface area contributed by atoms with Gasteiger partial charge >= 0.3 is 0 Å². The van der Waals surface area contributed by atoms with Crippen LogP contribution < -0.4 is 15.8 Å². The van der Waals surface area contributed by atoms with Gasteiger partial charge in [0.2, 0.25) is 0 Å². The topological polar surface area (TPSA) is 60.2 Å². The highest BCUT2D eigenvalue weighted by molar-refractivity contribution is 5.94. The number of fused-ring (bicyclic) bond motifs is 1.